The maximum atomic E-state index is 12.2. The molecule has 18 heavy (non-hydrogen) atoms. The first kappa shape index (κ1) is 11.5. The summed E-state index contributed by atoms with van der Waals surface area (Å²) >= 11 is 0. The third-order valence-electron chi connectivity index (χ3n) is 3.83. The van der Waals surface area contributed by atoms with Crippen molar-refractivity contribution in [3.8, 4) is 5.75 Å². The zero-order valence-corrected chi connectivity index (χ0v) is 10.6. The predicted octanol–water partition coefficient (Wildman–Crippen LogP) is 1.34. The molecular formula is C14H18N2O2. The number of carbonyl (C=O) groups is 1. The number of fused-ring (bicyclic) bond motifs is 1. The number of nitrogens with one attached hydrogen (secondary N) is 1. The highest BCUT2D eigenvalue weighted by molar-refractivity contribution is 6.02. The van der Waals surface area contributed by atoms with Crippen molar-refractivity contribution in [2.75, 3.05) is 25.1 Å². The highest BCUT2D eigenvalue weighted by Gasteiger charge is 2.33. The van der Waals surface area contributed by atoms with E-state index in [2.05, 4.69) is 5.32 Å². The van der Waals surface area contributed by atoms with Crippen molar-refractivity contribution in [1.82, 2.24) is 5.32 Å². The summed E-state index contributed by atoms with van der Waals surface area (Å²) in [6.07, 6.45) is 2.59. The maximum Gasteiger partial charge on any atom is 0.231 e. The van der Waals surface area contributed by atoms with Crippen LogP contribution in [0.25, 0.3) is 0 Å². The van der Waals surface area contributed by atoms with Gasteiger partial charge in [0.05, 0.1) is 13.5 Å². The molecule has 4 nitrogen and oxygen atoms in total. The number of benzene rings is 1. The number of hydrogen-bond donors (Lipinski definition) is 1. The van der Waals surface area contributed by atoms with Gasteiger partial charge in [0.25, 0.3) is 0 Å². The third kappa shape index (κ3) is 1.86. The topological polar surface area (TPSA) is 41.6 Å². The highest BCUT2D eigenvalue weighted by atomic mass is 16.5. The summed E-state index contributed by atoms with van der Waals surface area (Å²) in [6, 6.07) is 6.29. The molecule has 0 aliphatic carbocycles. The molecular weight excluding hydrogens is 228 g/mol. The molecule has 2 aliphatic heterocycles. The fraction of sp³-hybridized carbons (Fsp3) is 0.500. The standard InChI is InChI=1S/C14H18N2O2/c1-18-12-2-3-13-10(8-12)9-14(17)16(13)11-4-6-15-7-5-11/h2-3,8,11,15H,4-7,9H2,1H3. The first-order chi connectivity index (χ1) is 8.79. The molecule has 96 valence electrons. The average molecular weight is 246 g/mol. The van der Waals surface area contributed by atoms with E-state index >= 15 is 0 Å². The molecule has 0 bridgehead atoms. The minimum atomic E-state index is 0.227. The van der Waals surface area contributed by atoms with Gasteiger partial charge in [-0.3, -0.25) is 4.79 Å². The van der Waals surface area contributed by atoms with Crippen molar-refractivity contribution in [1.29, 1.82) is 0 Å². The van der Waals surface area contributed by atoms with Crippen LogP contribution in [0.5, 0.6) is 5.75 Å². The molecule has 0 unspecified atom stereocenters. The Bertz CT molecular complexity index is 467. The van der Waals surface area contributed by atoms with Crippen LogP contribution in [0.3, 0.4) is 0 Å². The van der Waals surface area contributed by atoms with Gasteiger partial charge in [0, 0.05) is 11.7 Å². The number of rotatable bonds is 2. The van der Waals surface area contributed by atoms with Crippen molar-refractivity contribution in [3.63, 3.8) is 0 Å². The molecule has 0 saturated carbocycles. The molecule has 2 heterocycles. The summed E-state index contributed by atoms with van der Waals surface area (Å²) in [7, 11) is 1.66. The van der Waals surface area contributed by atoms with Crippen LogP contribution in [0, 0.1) is 0 Å². The molecule has 3 rings (SSSR count). The summed E-state index contributed by atoms with van der Waals surface area (Å²) in [5.41, 5.74) is 2.17. The van der Waals surface area contributed by atoms with Gasteiger partial charge in [-0.05, 0) is 49.7 Å². The van der Waals surface area contributed by atoms with E-state index in [0.717, 1.165) is 42.9 Å². The fourth-order valence-corrected chi connectivity index (χ4v) is 2.91. The van der Waals surface area contributed by atoms with Crippen molar-refractivity contribution in [2.24, 2.45) is 0 Å². The Morgan fingerprint density at radius 3 is 2.83 bits per heavy atom. The lowest BCUT2D eigenvalue weighted by Crippen LogP contribution is -2.44. The van der Waals surface area contributed by atoms with E-state index in [4.69, 9.17) is 4.74 Å². The van der Waals surface area contributed by atoms with Gasteiger partial charge in [-0.2, -0.15) is 0 Å². The summed E-state index contributed by atoms with van der Waals surface area (Å²) in [4.78, 5) is 14.2. The predicted molar refractivity (Wildman–Crippen MR) is 70.1 cm³/mol. The second-order valence-corrected chi connectivity index (χ2v) is 4.92. The molecule has 1 aromatic carbocycles. The van der Waals surface area contributed by atoms with E-state index in [1.54, 1.807) is 7.11 Å². The van der Waals surface area contributed by atoms with E-state index < -0.39 is 0 Å². The van der Waals surface area contributed by atoms with Gasteiger partial charge in [0.1, 0.15) is 5.75 Å². The number of methoxy groups -OCH3 is 1. The lowest BCUT2D eigenvalue weighted by molar-refractivity contribution is -0.117. The van der Waals surface area contributed by atoms with E-state index in [9.17, 15) is 4.79 Å². The van der Waals surface area contributed by atoms with E-state index in [1.165, 1.54) is 0 Å². The molecule has 1 saturated heterocycles. The fourth-order valence-electron chi connectivity index (χ4n) is 2.91. The van der Waals surface area contributed by atoms with Gasteiger partial charge in [0.15, 0.2) is 0 Å². The van der Waals surface area contributed by atoms with Crippen molar-refractivity contribution in [2.45, 2.75) is 25.3 Å². The smallest absolute Gasteiger partial charge is 0.231 e. The minimum absolute atomic E-state index is 0.227. The zero-order chi connectivity index (χ0) is 12.5. The number of nitrogens with zero attached hydrogens (tertiary/aromatic N) is 1. The van der Waals surface area contributed by atoms with Gasteiger partial charge in [-0.15, -0.1) is 0 Å². The van der Waals surface area contributed by atoms with Gasteiger partial charge in [-0.1, -0.05) is 0 Å². The van der Waals surface area contributed by atoms with Crippen LogP contribution in [0.4, 0.5) is 5.69 Å². The lowest BCUT2D eigenvalue weighted by atomic mass is 10.0. The molecule has 2 aliphatic rings. The molecule has 0 spiro atoms. The van der Waals surface area contributed by atoms with Crippen LogP contribution in [0.2, 0.25) is 0 Å². The van der Waals surface area contributed by atoms with Crippen molar-refractivity contribution in [3.05, 3.63) is 23.8 Å². The van der Waals surface area contributed by atoms with Gasteiger partial charge >= 0.3 is 0 Å². The molecule has 0 aromatic heterocycles. The minimum Gasteiger partial charge on any atom is -0.497 e. The Morgan fingerprint density at radius 1 is 1.33 bits per heavy atom. The molecule has 1 N–H and O–H groups in total. The van der Waals surface area contributed by atoms with Crippen LogP contribution < -0.4 is 15.0 Å². The number of carbonyl (C=O) groups excluding carboxylic acids is 1. The number of amides is 1. The van der Waals surface area contributed by atoms with E-state index in [1.807, 2.05) is 23.1 Å². The molecule has 1 aromatic rings. The summed E-state index contributed by atoms with van der Waals surface area (Å²) < 4.78 is 5.22. The summed E-state index contributed by atoms with van der Waals surface area (Å²) in [6.45, 7) is 2.00. The Hall–Kier alpha value is -1.55. The maximum absolute atomic E-state index is 12.2. The van der Waals surface area contributed by atoms with Crippen LogP contribution in [0.1, 0.15) is 18.4 Å². The molecule has 0 radical (unpaired) electrons. The van der Waals surface area contributed by atoms with Gasteiger partial charge in [-0.25, -0.2) is 0 Å². The Morgan fingerprint density at radius 2 is 2.11 bits per heavy atom. The van der Waals surface area contributed by atoms with Crippen LogP contribution in [0.15, 0.2) is 18.2 Å². The lowest BCUT2D eigenvalue weighted by Gasteiger charge is -2.32. The summed E-state index contributed by atoms with van der Waals surface area (Å²) in [5.74, 6) is 1.05. The number of ether oxygens (including phenoxy) is 1. The Balaban J connectivity index is 1.91. The van der Waals surface area contributed by atoms with Gasteiger partial charge < -0.3 is 15.0 Å². The van der Waals surface area contributed by atoms with Gasteiger partial charge in [0.2, 0.25) is 5.91 Å². The third-order valence-corrected chi connectivity index (χ3v) is 3.83. The van der Waals surface area contributed by atoms with Crippen molar-refractivity contribution >= 4 is 11.6 Å². The first-order valence-corrected chi connectivity index (χ1v) is 6.49. The van der Waals surface area contributed by atoms with Crippen LogP contribution >= 0.6 is 0 Å². The number of piperidine rings is 1. The van der Waals surface area contributed by atoms with Crippen LogP contribution in [-0.4, -0.2) is 32.1 Å². The molecule has 0 atom stereocenters. The quantitative estimate of drug-likeness (QED) is 0.856. The molecule has 1 fully saturated rings. The monoisotopic (exact) mass is 246 g/mol. The largest absolute Gasteiger partial charge is 0.497 e. The molecule has 1 amide bonds. The number of hydrogen-bond acceptors (Lipinski definition) is 3. The highest BCUT2D eigenvalue weighted by Crippen LogP contribution is 2.34. The normalized spacial score (nSPS) is 20.1. The Kier molecular flexibility index (Phi) is 2.96. The summed E-state index contributed by atoms with van der Waals surface area (Å²) in [5, 5.41) is 3.34. The van der Waals surface area contributed by atoms with E-state index in [-0.39, 0.29) is 5.91 Å². The Labute approximate surface area is 107 Å². The second-order valence-electron chi connectivity index (χ2n) is 4.92. The first-order valence-electron chi connectivity index (χ1n) is 6.49. The average Bonchev–Trinajstić information content (AvgIpc) is 2.74. The second kappa shape index (κ2) is 4.61. The molecule has 4 heteroatoms. The van der Waals surface area contributed by atoms with Crippen molar-refractivity contribution < 1.29 is 9.53 Å². The van der Waals surface area contributed by atoms with E-state index in [0.29, 0.717) is 12.5 Å². The number of anilines is 1. The SMILES string of the molecule is COc1ccc2c(c1)CC(=O)N2C1CCNCC1. The zero-order valence-electron chi connectivity index (χ0n) is 10.6. The van der Waals surface area contributed by atoms with Crippen LogP contribution in [-0.2, 0) is 11.2 Å².